The Hall–Kier alpha value is -1.57. The molecule has 4 heteroatoms. The number of ether oxygens (including phenoxy) is 1. The highest BCUT2D eigenvalue weighted by atomic mass is 16.5. The summed E-state index contributed by atoms with van der Waals surface area (Å²) in [7, 11) is 5.84. The maximum Gasteiger partial charge on any atom is 0.119 e. The molecule has 0 amide bonds. The molecular formula is C17H27N3O. The molecule has 21 heavy (non-hydrogen) atoms. The molecule has 0 aliphatic carbocycles. The fraction of sp³-hybridized carbons (Fsp3) is 0.588. The SMILES string of the molecule is COc1cccc(C(CNCCC(C)(C)C#N)N(C)C)c1. The van der Waals surface area contributed by atoms with Gasteiger partial charge in [0.05, 0.1) is 18.6 Å². The molecule has 116 valence electrons. The summed E-state index contributed by atoms with van der Waals surface area (Å²) in [6.07, 6.45) is 0.849. The standard InChI is InChI=1S/C17H27N3O/c1-17(2,13-18)9-10-19-12-16(20(3)4)14-7-6-8-15(11-14)21-5/h6-8,11,16,19H,9-10,12H2,1-5H3. The van der Waals surface area contributed by atoms with E-state index in [1.54, 1.807) is 7.11 Å². The number of rotatable bonds is 8. The zero-order valence-electron chi connectivity index (χ0n) is 13.8. The van der Waals surface area contributed by atoms with Crippen molar-refractivity contribution in [1.29, 1.82) is 5.26 Å². The normalized spacial score (nSPS) is 13.0. The number of nitrogens with zero attached hydrogens (tertiary/aromatic N) is 2. The molecule has 0 fully saturated rings. The van der Waals surface area contributed by atoms with E-state index in [4.69, 9.17) is 10.00 Å². The summed E-state index contributed by atoms with van der Waals surface area (Å²) in [5.74, 6) is 0.880. The highest BCUT2D eigenvalue weighted by molar-refractivity contribution is 5.30. The van der Waals surface area contributed by atoms with Gasteiger partial charge in [-0.3, -0.25) is 0 Å². The molecule has 0 aromatic heterocycles. The van der Waals surface area contributed by atoms with E-state index in [9.17, 15) is 0 Å². The molecule has 1 aromatic rings. The van der Waals surface area contributed by atoms with Gasteiger partial charge in [-0.2, -0.15) is 5.26 Å². The maximum absolute atomic E-state index is 9.03. The molecule has 0 saturated heterocycles. The number of hydrogen-bond acceptors (Lipinski definition) is 4. The Morgan fingerprint density at radius 2 is 2.10 bits per heavy atom. The number of likely N-dealkylation sites (N-methyl/N-ethyl adjacent to an activating group) is 1. The topological polar surface area (TPSA) is 48.3 Å². The number of nitriles is 1. The molecule has 0 spiro atoms. The van der Waals surface area contributed by atoms with Crippen LogP contribution in [0.3, 0.4) is 0 Å². The smallest absolute Gasteiger partial charge is 0.119 e. The van der Waals surface area contributed by atoms with Gasteiger partial charge in [0, 0.05) is 12.6 Å². The van der Waals surface area contributed by atoms with Crippen molar-refractivity contribution < 1.29 is 4.74 Å². The average Bonchev–Trinajstić information content (AvgIpc) is 2.46. The van der Waals surface area contributed by atoms with Crippen molar-refractivity contribution in [3.8, 4) is 11.8 Å². The zero-order valence-corrected chi connectivity index (χ0v) is 13.8. The summed E-state index contributed by atoms with van der Waals surface area (Å²) in [6, 6.07) is 10.8. The van der Waals surface area contributed by atoms with Crippen LogP contribution >= 0.6 is 0 Å². The van der Waals surface area contributed by atoms with E-state index in [-0.39, 0.29) is 11.5 Å². The minimum Gasteiger partial charge on any atom is -0.497 e. The van der Waals surface area contributed by atoms with Crippen LogP contribution in [0.5, 0.6) is 5.75 Å². The third-order valence-electron chi connectivity index (χ3n) is 3.67. The van der Waals surface area contributed by atoms with Gasteiger partial charge in [-0.05, 0) is 58.6 Å². The Balaban J connectivity index is 2.60. The van der Waals surface area contributed by atoms with E-state index < -0.39 is 0 Å². The third kappa shape index (κ3) is 5.74. The quantitative estimate of drug-likeness (QED) is 0.748. The molecule has 1 unspecified atom stereocenters. The summed E-state index contributed by atoms with van der Waals surface area (Å²) < 4.78 is 5.29. The molecule has 1 aromatic carbocycles. The van der Waals surface area contributed by atoms with Crippen LogP contribution in [0.4, 0.5) is 0 Å². The van der Waals surface area contributed by atoms with E-state index in [1.165, 1.54) is 5.56 Å². The first-order chi connectivity index (χ1) is 9.89. The molecule has 0 heterocycles. The molecule has 0 aliphatic heterocycles. The van der Waals surface area contributed by atoms with E-state index in [1.807, 2.05) is 26.0 Å². The van der Waals surface area contributed by atoms with Crippen molar-refractivity contribution in [2.75, 3.05) is 34.3 Å². The Morgan fingerprint density at radius 3 is 2.67 bits per heavy atom. The van der Waals surface area contributed by atoms with E-state index in [2.05, 4.69) is 42.5 Å². The van der Waals surface area contributed by atoms with Crippen LogP contribution in [0, 0.1) is 16.7 Å². The average molecular weight is 289 g/mol. The molecule has 0 aliphatic rings. The summed E-state index contributed by atoms with van der Waals surface area (Å²) in [4.78, 5) is 2.19. The number of methoxy groups -OCH3 is 1. The zero-order chi connectivity index (χ0) is 15.9. The largest absolute Gasteiger partial charge is 0.497 e. The molecule has 0 bridgehead atoms. The predicted octanol–water partition coefficient (Wildman–Crippen LogP) is 2.83. The van der Waals surface area contributed by atoms with Crippen molar-refractivity contribution in [3.63, 3.8) is 0 Å². The van der Waals surface area contributed by atoms with Crippen LogP contribution in [0.25, 0.3) is 0 Å². The van der Waals surface area contributed by atoms with Crippen LogP contribution in [0.2, 0.25) is 0 Å². The van der Waals surface area contributed by atoms with Crippen molar-refractivity contribution in [2.45, 2.75) is 26.3 Å². The number of benzene rings is 1. The number of nitrogens with one attached hydrogen (secondary N) is 1. The lowest BCUT2D eigenvalue weighted by Crippen LogP contribution is -2.32. The molecule has 0 radical (unpaired) electrons. The van der Waals surface area contributed by atoms with Crippen molar-refractivity contribution >= 4 is 0 Å². The van der Waals surface area contributed by atoms with E-state index >= 15 is 0 Å². The summed E-state index contributed by atoms with van der Waals surface area (Å²) in [6.45, 7) is 5.64. The lowest BCUT2D eigenvalue weighted by atomic mass is 9.91. The summed E-state index contributed by atoms with van der Waals surface area (Å²) >= 11 is 0. The third-order valence-corrected chi connectivity index (χ3v) is 3.67. The summed E-state index contributed by atoms with van der Waals surface area (Å²) in [5.41, 5.74) is 0.961. The molecule has 0 saturated carbocycles. The highest BCUT2D eigenvalue weighted by Crippen LogP contribution is 2.22. The Labute approximate surface area is 128 Å². The molecule has 4 nitrogen and oxygen atoms in total. The monoisotopic (exact) mass is 289 g/mol. The van der Waals surface area contributed by atoms with Crippen molar-refractivity contribution in [1.82, 2.24) is 10.2 Å². The van der Waals surface area contributed by atoms with Crippen LogP contribution in [-0.4, -0.2) is 39.2 Å². The Bertz CT molecular complexity index is 477. The highest BCUT2D eigenvalue weighted by Gasteiger charge is 2.17. The molecular weight excluding hydrogens is 262 g/mol. The van der Waals surface area contributed by atoms with Crippen LogP contribution in [-0.2, 0) is 0 Å². The van der Waals surface area contributed by atoms with Gasteiger partial charge in [-0.1, -0.05) is 12.1 Å². The van der Waals surface area contributed by atoms with Gasteiger partial charge in [0.1, 0.15) is 5.75 Å². The van der Waals surface area contributed by atoms with Gasteiger partial charge in [0.15, 0.2) is 0 Å². The first kappa shape index (κ1) is 17.5. The van der Waals surface area contributed by atoms with Gasteiger partial charge in [-0.15, -0.1) is 0 Å². The second-order valence-corrected chi connectivity index (χ2v) is 6.21. The van der Waals surface area contributed by atoms with Gasteiger partial charge in [-0.25, -0.2) is 0 Å². The van der Waals surface area contributed by atoms with Gasteiger partial charge < -0.3 is 15.0 Å². The Kier molecular flexibility index (Phi) is 6.67. The summed E-state index contributed by atoms with van der Waals surface area (Å²) in [5, 5.41) is 12.5. The van der Waals surface area contributed by atoms with Gasteiger partial charge in [0.2, 0.25) is 0 Å². The molecule has 1 atom stereocenters. The van der Waals surface area contributed by atoms with Crippen LogP contribution < -0.4 is 10.1 Å². The van der Waals surface area contributed by atoms with Gasteiger partial charge in [0.25, 0.3) is 0 Å². The number of hydrogen-bond donors (Lipinski definition) is 1. The minimum absolute atomic E-state index is 0.267. The van der Waals surface area contributed by atoms with E-state index in [0.29, 0.717) is 0 Å². The fourth-order valence-corrected chi connectivity index (χ4v) is 2.14. The van der Waals surface area contributed by atoms with Crippen LogP contribution in [0.15, 0.2) is 24.3 Å². The van der Waals surface area contributed by atoms with Crippen LogP contribution in [0.1, 0.15) is 31.9 Å². The fourth-order valence-electron chi connectivity index (χ4n) is 2.14. The van der Waals surface area contributed by atoms with Crippen molar-refractivity contribution in [2.24, 2.45) is 5.41 Å². The maximum atomic E-state index is 9.03. The minimum atomic E-state index is -0.267. The molecule has 1 N–H and O–H groups in total. The van der Waals surface area contributed by atoms with Crippen molar-refractivity contribution in [3.05, 3.63) is 29.8 Å². The Morgan fingerprint density at radius 1 is 1.38 bits per heavy atom. The van der Waals surface area contributed by atoms with Gasteiger partial charge >= 0.3 is 0 Å². The molecule has 1 rings (SSSR count). The second-order valence-electron chi connectivity index (χ2n) is 6.21. The van der Waals surface area contributed by atoms with E-state index in [0.717, 1.165) is 25.3 Å². The lowest BCUT2D eigenvalue weighted by Gasteiger charge is -2.26. The second kappa shape index (κ2) is 8.02. The lowest BCUT2D eigenvalue weighted by molar-refractivity contribution is 0.284. The first-order valence-electron chi connectivity index (χ1n) is 7.32. The predicted molar refractivity (Wildman–Crippen MR) is 86.3 cm³/mol. The first-order valence-corrected chi connectivity index (χ1v) is 7.32.